The molecule has 40 valence electrons. The molecule has 0 saturated heterocycles. The molecule has 0 radical (unpaired) electrons. The number of hydrogen-bond acceptors (Lipinski definition) is 4. The number of halogens is 1. The second kappa shape index (κ2) is 4.62. The quantitative estimate of drug-likeness (QED) is 0.234. The number of carboxylic acid groups (broad SMARTS) is 1. The van der Waals surface area contributed by atoms with Crippen molar-refractivity contribution in [1.82, 2.24) is 0 Å². The smallest absolute Gasteiger partial charge is 0.539 e. The van der Waals surface area contributed by atoms with Crippen molar-refractivity contribution < 1.29 is 43.0 Å². The summed E-state index contributed by atoms with van der Waals surface area (Å²) in [6, 6.07) is 0. The van der Waals surface area contributed by atoms with Gasteiger partial charge in [0.25, 0.3) is 0 Å². The number of carboxylic acids is 1. The van der Waals surface area contributed by atoms with E-state index in [1.165, 1.54) is 0 Å². The Kier molecular flexibility index (Phi) is 6.04. The maximum atomic E-state index is 10.4. The van der Waals surface area contributed by atoms with E-state index >= 15 is 0 Å². The molecule has 6 heteroatoms. The van der Waals surface area contributed by atoms with E-state index in [2.05, 4.69) is 4.94 Å². The Morgan fingerprint density at radius 1 is 1.50 bits per heavy atom. The van der Waals surface area contributed by atoms with Gasteiger partial charge in [-0.25, -0.2) is 9.74 Å². The van der Waals surface area contributed by atoms with Crippen LogP contribution in [0, 0.1) is 0 Å². The first-order valence-corrected chi connectivity index (χ1v) is 1.22. The van der Waals surface area contributed by atoms with E-state index in [1.807, 2.05) is 0 Å². The predicted octanol–water partition coefficient (Wildman–Crippen LogP) is -4.83. The van der Waals surface area contributed by atoms with Crippen LogP contribution >= 0.6 is 0 Å². The van der Waals surface area contributed by atoms with Gasteiger partial charge in [0, 0.05) is 4.53 Å². The van der Waals surface area contributed by atoms with Crippen molar-refractivity contribution in [2.24, 2.45) is 0 Å². The molecule has 0 aliphatic carbocycles. The largest absolute Gasteiger partial charge is 1.00 e. The van der Waals surface area contributed by atoms with Crippen molar-refractivity contribution in [3.05, 3.63) is 0 Å². The van der Waals surface area contributed by atoms with Crippen LogP contribution in [0.4, 0.5) is 4.53 Å². The molecule has 0 spiro atoms. The fourth-order valence-corrected chi connectivity index (χ4v) is 0.0315. The minimum Gasteiger partial charge on any atom is -0.539 e. The van der Waals surface area contributed by atoms with Gasteiger partial charge in [-0.1, -0.05) is 0 Å². The summed E-state index contributed by atoms with van der Waals surface area (Å²) in [6.07, 6.45) is 0. The zero-order valence-electron chi connectivity index (χ0n) is 4.01. The summed E-state index contributed by atoms with van der Waals surface area (Å²) in [5.41, 5.74) is 0. The fraction of sp³-hybridized carbons (Fsp3) is 0. The van der Waals surface area contributed by atoms with E-state index in [0.29, 0.717) is 0 Å². The summed E-state index contributed by atoms with van der Waals surface area (Å²) in [5.74, 6) is -4.21. The summed E-state index contributed by atoms with van der Waals surface area (Å²) >= 11 is 0. The van der Waals surface area contributed by atoms with Crippen LogP contribution in [0.15, 0.2) is 0 Å². The molecular weight excluding hydrogens is 114 g/mol. The third kappa shape index (κ3) is 3.65. The molecule has 0 aromatic heterocycles. The van der Waals surface area contributed by atoms with Crippen LogP contribution in [0.2, 0.25) is 0 Å². The first-order valence-electron chi connectivity index (χ1n) is 1.22. The molecule has 0 aliphatic heterocycles. The van der Waals surface area contributed by atoms with Gasteiger partial charge in [0.1, 0.15) is 0 Å². The first kappa shape index (κ1) is 10.4. The van der Waals surface area contributed by atoms with E-state index in [-0.39, 0.29) is 18.9 Å². The monoisotopic (exact) mass is 114 g/mol. The zero-order chi connectivity index (χ0) is 5.86. The zero-order valence-corrected chi connectivity index (χ0v) is 4.01. The molecule has 0 aliphatic rings. The molecule has 0 aromatic carbocycles. The third-order valence-electron chi connectivity index (χ3n) is 0.237. The first-order chi connectivity index (χ1) is 3.18. The Labute approximate surface area is 55.7 Å². The second-order valence-corrected chi connectivity index (χ2v) is 0.652. The van der Waals surface area contributed by atoms with Crippen LogP contribution in [0.1, 0.15) is 0 Å². The van der Waals surface area contributed by atoms with Gasteiger partial charge in [0.15, 0.2) is 5.97 Å². The van der Waals surface area contributed by atoms with E-state index in [0.717, 1.165) is 0 Å². The molecule has 0 atom stereocenters. The number of rotatable bonds is 0. The van der Waals surface area contributed by atoms with Crippen LogP contribution in [0.5, 0.6) is 0 Å². The molecule has 0 heterocycles. The summed E-state index contributed by atoms with van der Waals surface area (Å²) in [5, 5.41) is 9.10. The molecule has 0 fully saturated rings. The topological polar surface area (TPSA) is 66.4 Å². The van der Waals surface area contributed by atoms with E-state index in [1.54, 1.807) is 0 Å². The molecule has 0 rings (SSSR count). The van der Waals surface area contributed by atoms with Gasteiger partial charge in [0.05, 0.1) is 0 Å². The Morgan fingerprint density at radius 3 is 1.88 bits per heavy atom. The van der Waals surface area contributed by atoms with Gasteiger partial charge in [-0.15, -0.1) is 0 Å². The van der Waals surface area contributed by atoms with Crippen molar-refractivity contribution in [2.45, 2.75) is 0 Å². The third-order valence-corrected chi connectivity index (χ3v) is 0.237. The minimum absolute atomic E-state index is 0. The fourth-order valence-electron chi connectivity index (χ4n) is 0.0315. The van der Waals surface area contributed by atoms with Crippen LogP contribution in [-0.2, 0) is 14.5 Å². The van der Waals surface area contributed by atoms with Crippen LogP contribution in [0.3, 0.4) is 0 Å². The SMILES string of the molecule is O=C([O-])C(=O)OF.[Li+]. The Bertz CT molecular complexity index is 102. The Hall–Kier alpha value is -0.533. The van der Waals surface area contributed by atoms with Gasteiger partial charge in [-0.3, -0.25) is 0 Å². The summed E-state index contributed by atoms with van der Waals surface area (Å²) in [7, 11) is 0. The number of aliphatic carboxylic acids is 1. The van der Waals surface area contributed by atoms with E-state index in [4.69, 9.17) is 9.90 Å². The number of hydrogen-bond donors (Lipinski definition) is 0. The van der Waals surface area contributed by atoms with Crippen LogP contribution < -0.4 is 24.0 Å². The molecule has 4 nitrogen and oxygen atoms in total. The molecule has 0 aromatic rings. The molecular formula is C2FLiO4. The normalized spacial score (nSPS) is 6.62. The molecule has 0 amide bonds. The average Bonchev–Trinajstić information content (AvgIpc) is 1.65. The number of carbonyl (C=O) groups is 2. The summed E-state index contributed by atoms with van der Waals surface area (Å²) in [6.45, 7) is 0. The summed E-state index contributed by atoms with van der Waals surface area (Å²) in [4.78, 5) is 20.6. The van der Waals surface area contributed by atoms with Crippen molar-refractivity contribution in [1.29, 1.82) is 0 Å². The predicted molar refractivity (Wildman–Crippen MR) is 12.2 cm³/mol. The molecule has 0 saturated carbocycles. The minimum atomic E-state index is -2.19. The van der Waals surface area contributed by atoms with Crippen molar-refractivity contribution >= 4 is 11.9 Å². The second-order valence-electron chi connectivity index (χ2n) is 0.652. The van der Waals surface area contributed by atoms with Gasteiger partial charge in [-0.05, 0) is 0 Å². The Morgan fingerprint density at radius 2 is 1.88 bits per heavy atom. The van der Waals surface area contributed by atoms with Gasteiger partial charge in [0.2, 0.25) is 0 Å². The van der Waals surface area contributed by atoms with Crippen LogP contribution in [-0.4, -0.2) is 11.9 Å². The molecule has 0 N–H and O–H groups in total. The molecule has 0 bridgehead atoms. The summed E-state index contributed by atoms with van der Waals surface area (Å²) < 4.78 is 10.4. The van der Waals surface area contributed by atoms with Crippen molar-refractivity contribution in [3.63, 3.8) is 0 Å². The van der Waals surface area contributed by atoms with Crippen molar-refractivity contribution in [3.8, 4) is 0 Å². The van der Waals surface area contributed by atoms with Gasteiger partial charge >= 0.3 is 24.8 Å². The van der Waals surface area contributed by atoms with Gasteiger partial charge in [-0.2, -0.15) is 0 Å². The average molecular weight is 114 g/mol. The maximum absolute atomic E-state index is 10.4. The maximum Gasteiger partial charge on any atom is 1.00 e. The van der Waals surface area contributed by atoms with Crippen molar-refractivity contribution in [2.75, 3.05) is 0 Å². The molecule has 0 unspecified atom stereocenters. The standard InChI is InChI=1S/C2HFO4.Li/c3-7-2(6)1(4)5;/h(H,4,5);/q;+1/p-1. The molecule has 8 heavy (non-hydrogen) atoms. The van der Waals surface area contributed by atoms with E-state index in [9.17, 15) is 9.32 Å². The van der Waals surface area contributed by atoms with Crippen LogP contribution in [0.25, 0.3) is 0 Å². The van der Waals surface area contributed by atoms with Gasteiger partial charge < -0.3 is 9.90 Å². The Balaban J connectivity index is 0. The number of carbonyl (C=O) groups excluding carboxylic acids is 2. The van der Waals surface area contributed by atoms with E-state index < -0.39 is 11.9 Å².